The van der Waals surface area contributed by atoms with Crippen LogP contribution >= 0.6 is 0 Å². The molecule has 1 amide bonds. The Bertz CT molecular complexity index is 882. The summed E-state index contributed by atoms with van der Waals surface area (Å²) < 4.78 is 5.83. The van der Waals surface area contributed by atoms with E-state index in [-0.39, 0.29) is 12.1 Å². The van der Waals surface area contributed by atoms with Gasteiger partial charge in [-0.25, -0.2) is 0 Å². The molecule has 0 saturated carbocycles. The van der Waals surface area contributed by atoms with Crippen LogP contribution in [0.2, 0.25) is 0 Å². The lowest BCUT2D eigenvalue weighted by Crippen LogP contribution is -2.28. The van der Waals surface area contributed by atoms with Gasteiger partial charge in [-0.05, 0) is 35.4 Å². The quantitative estimate of drug-likeness (QED) is 0.734. The third-order valence-electron chi connectivity index (χ3n) is 4.53. The summed E-state index contributed by atoms with van der Waals surface area (Å²) in [4.78, 5) is 18.4. The lowest BCUT2D eigenvalue weighted by atomic mass is 10.2. The Morgan fingerprint density at radius 3 is 2.48 bits per heavy atom. The molecule has 136 valence electrons. The van der Waals surface area contributed by atoms with E-state index in [1.807, 2.05) is 72.8 Å². The molecule has 2 aromatic carbocycles. The van der Waals surface area contributed by atoms with Gasteiger partial charge in [0, 0.05) is 12.7 Å². The van der Waals surface area contributed by atoms with Gasteiger partial charge in [0.25, 0.3) is 0 Å². The Morgan fingerprint density at radius 1 is 0.963 bits per heavy atom. The SMILES string of the molecule is O=C1CN(Cc2ccc(OCc3ccccc3)cc2)[C@@H](c2ccccn2)N1. The summed E-state index contributed by atoms with van der Waals surface area (Å²) in [6.07, 6.45) is 1.56. The van der Waals surface area contributed by atoms with Crippen LogP contribution in [-0.4, -0.2) is 22.3 Å². The van der Waals surface area contributed by atoms with Crippen LogP contribution in [0.4, 0.5) is 0 Å². The number of benzene rings is 2. The van der Waals surface area contributed by atoms with Crippen LogP contribution in [0, 0.1) is 0 Å². The normalized spacial score (nSPS) is 16.9. The van der Waals surface area contributed by atoms with Gasteiger partial charge in [0.2, 0.25) is 5.91 Å². The highest BCUT2D eigenvalue weighted by Crippen LogP contribution is 2.23. The third-order valence-corrected chi connectivity index (χ3v) is 4.53. The van der Waals surface area contributed by atoms with Gasteiger partial charge in [-0.1, -0.05) is 48.5 Å². The van der Waals surface area contributed by atoms with E-state index in [0.29, 0.717) is 19.7 Å². The second kappa shape index (κ2) is 8.01. The number of rotatable bonds is 6. The lowest BCUT2D eigenvalue weighted by Gasteiger charge is -2.22. The van der Waals surface area contributed by atoms with Crippen LogP contribution in [0.5, 0.6) is 5.75 Å². The molecule has 3 aromatic rings. The highest BCUT2D eigenvalue weighted by Gasteiger charge is 2.31. The van der Waals surface area contributed by atoms with Crippen molar-refractivity contribution < 1.29 is 9.53 Å². The number of carbonyl (C=O) groups excluding carboxylic acids is 1. The van der Waals surface area contributed by atoms with Crippen molar-refractivity contribution in [3.05, 3.63) is 95.8 Å². The average molecular weight is 359 g/mol. The van der Waals surface area contributed by atoms with Gasteiger partial charge in [0.1, 0.15) is 18.5 Å². The standard InChI is InChI=1S/C22H21N3O2/c26-21-15-25(22(24-21)20-8-4-5-13-23-20)14-17-9-11-19(12-10-17)27-16-18-6-2-1-3-7-18/h1-13,22H,14-16H2,(H,24,26)/t22-/m0/s1. The second-order valence-corrected chi connectivity index (χ2v) is 6.55. The molecule has 0 radical (unpaired) electrons. The Kier molecular flexibility index (Phi) is 5.12. The van der Waals surface area contributed by atoms with E-state index >= 15 is 0 Å². The van der Waals surface area contributed by atoms with Crippen molar-refractivity contribution >= 4 is 5.91 Å². The van der Waals surface area contributed by atoms with Gasteiger partial charge in [-0.2, -0.15) is 0 Å². The molecule has 0 unspecified atom stereocenters. The van der Waals surface area contributed by atoms with Crippen molar-refractivity contribution in [2.75, 3.05) is 6.54 Å². The minimum absolute atomic E-state index is 0.0217. The lowest BCUT2D eigenvalue weighted by molar-refractivity contribution is -0.118. The van der Waals surface area contributed by atoms with Crippen molar-refractivity contribution in [2.45, 2.75) is 19.3 Å². The van der Waals surface area contributed by atoms with Crippen LogP contribution in [0.25, 0.3) is 0 Å². The van der Waals surface area contributed by atoms with Gasteiger partial charge in [-0.3, -0.25) is 14.7 Å². The van der Waals surface area contributed by atoms with E-state index in [0.717, 1.165) is 22.6 Å². The fourth-order valence-electron chi connectivity index (χ4n) is 3.18. The van der Waals surface area contributed by atoms with E-state index in [1.54, 1.807) is 6.20 Å². The minimum atomic E-state index is -0.187. The Morgan fingerprint density at radius 2 is 1.74 bits per heavy atom. The summed E-state index contributed by atoms with van der Waals surface area (Å²) in [5.41, 5.74) is 3.12. The van der Waals surface area contributed by atoms with Crippen molar-refractivity contribution in [3.8, 4) is 5.75 Å². The topological polar surface area (TPSA) is 54.5 Å². The summed E-state index contributed by atoms with van der Waals surface area (Å²) in [6.45, 7) is 1.58. The zero-order valence-electron chi connectivity index (χ0n) is 14.9. The number of aromatic nitrogens is 1. The van der Waals surface area contributed by atoms with Gasteiger partial charge >= 0.3 is 0 Å². The summed E-state index contributed by atoms with van der Waals surface area (Å²) in [5.74, 6) is 0.855. The predicted molar refractivity (Wildman–Crippen MR) is 103 cm³/mol. The molecule has 1 aromatic heterocycles. The van der Waals surface area contributed by atoms with E-state index in [2.05, 4.69) is 15.2 Å². The highest BCUT2D eigenvalue weighted by molar-refractivity contribution is 5.80. The number of amides is 1. The first kappa shape index (κ1) is 17.2. The largest absolute Gasteiger partial charge is 0.489 e. The second-order valence-electron chi connectivity index (χ2n) is 6.55. The maximum atomic E-state index is 11.9. The molecule has 1 atom stereocenters. The zero-order chi connectivity index (χ0) is 18.5. The Labute approximate surface area is 158 Å². The summed E-state index contributed by atoms with van der Waals surface area (Å²) in [7, 11) is 0. The molecule has 5 nitrogen and oxygen atoms in total. The molecule has 1 saturated heterocycles. The Balaban J connectivity index is 1.39. The van der Waals surface area contributed by atoms with Crippen LogP contribution in [0.1, 0.15) is 23.0 Å². The monoisotopic (exact) mass is 359 g/mol. The number of ether oxygens (including phenoxy) is 1. The summed E-state index contributed by atoms with van der Waals surface area (Å²) in [6, 6.07) is 23.9. The molecule has 27 heavy (non-hydrogen) atoms. The van der Waals surface area contributed by atoms with Gasteiger partial charge in [0.05, 0.1) is 12.2 Å². The number of nitrogens with one attached hydrogen (secondary N) is 1. The van der Waals surface area contributed by atoms with Crippen molar-refractivity contribution in [3.63, 3.8) is 0 Å². The molecular weight excluding hydrogens is 338 g/mol. The number of hydrogen-bond donors (Lipinski definition) is 1. The maximum absolute atomic E-state index is 11.9. The van der Waals surface area contributed by atoms with Gasteiger partial charge in [-0.15, -0.1) is 0 Å². The van der Waals surface area contributed by atoms with E-state index < -0.39 is 0 Å². The fourth-order valence-corrected chi connectivity index (χ4v) is 3.18. The van der Waals surface area contributed by atoms with Gasteiger partial charge in [0.15, 0.2) is 0 Å². The van der Waals surface area contributed by atoms with E-state index in [9.17, 15) is 4.79 Å². The molecule has 1 N–H and O–H groups in total. The summed E-state index contributed by atoms with van der Waals surface area (Å²) in [5, 5.41) is 2.99. The molecule has 4 rings (SSSR count). The van der Waals surface area contributed by atoms with Gasteiger partial charge < -0.3 is 10.1 Å². The molecule has 1 aliphatic heterocycles. The van der Waals surface area contributed by atoms with Crippen LogP contribution in [-0.2, 0) is 17.9 Å². The molecule has 1 aliphatic rings. The number of pyridine rings is 1. The fraction of sp³-hybridized carbons (Fsp3) is 0.182. The molecule has 0 aliphatic carbocycles. The van der Waals surface area contributed by atoms with Crippen LogP contribution < -0.4 is 10.1 Å². The van der Waals surface area contributed by atoms with Crippen LogP contribution in [0.15, 0.2) is 79.0 Å². The van der Waals surface area contributed by atoms with Crippen molar-refractivity contribution in [1.29, 1.82) is 0 Å². The van der Waals surface area contributed by atoms with E-state index in [1.165, 1.54) is 0 Å². The number of nitrogens with zero attached hydrogens (tertiary/aromatic N) is 2. The van der Waals surface area contributed by atoms with Crippen molar-refractivity contribution in [2.24, 2.45) is 0 Å². The average Bonchev–Trinajstić information content (AvgIpc) is 3.09. The Hall–Kier alpha value is -3.18. The molecule has 5 heteroatoms. The molecule has 0 bridgehead atoms. The number of carbonyl (C=O) groups is 1. The first-order chi connectivity index (χ1) is 13.3. The molecule has 1 fully saturated rings. The molecule has 0 spiro atoms. The predicted octanol–water partition coefficient (Wildman–Crippen LogP) is 3.29. The van der Waals surface area contributed by atoms with Crippen LogP contribution in [0.3, 0.4) is 0 Å². The van der Waals surface area contributed by atoms with E-state index in [4.69, 9.17) is 4.74 Å². The smallest absolute Gasteiger partial charge is 0.235 e. The summed E-state index contributed by atoms with van der Waals surface area (Å²) >= 11 is 0. The highest BCUT2D eigenvalue weighted by atomic mass is 16.5. The maximum Gasteiger partial charge on any atom is 0.235 e. The first-order valence-corrected chi connectivity index (χ1v) is 8.98. The zero-order valence-corrected chi connectivity index (χ0v) is 14.9. The first-order valence-electron chi connectivity index (χ1n) is 8.98. The number of hydrogen-bond acceptors (Lipinski definition) is 4. The third kappa shape index (κ3) is 4.33. The molecule has 2 heterocycles. The molecular formula is C22H21N3O2. The van der Waals surface area contributed by atoms with Crippen molar-refractivity contribution in [1.82, 2.24) is 15.2 Å². The minimum Gasteiger partial charge on any atom is -0.489 e.